The molecule has 0 aliphatic carbocycles. The first-order valence-corrected chi connectivity index (χ1v) is 6.43. The number of nitrogens with zero attached hydrogens (tertiary/aromatic N) is 1. The Morgan fingerprint density at radius 1 is 0.933 bits per heavy atom. The molecule has 2 N–H and O–H groups in total. The van der Waals surface area contributed by atoms with E-state index in [-0.39, 0.29) is 0 Å². The number of fused-ring (bicyclic) bond motifs is 3. The van der Waals surface area contributed by atoms with Gasteiger partial charge in [-0.15, -0.1) is 0 Å². The maximum atomic E-state index is 6.41. The van der Waals surface area contributed by atoms with Gasteiger partial charge in [0.05, 0.1) is 0 Å². The van der Waals surface area contributed by atoms with E-state index in [2.05, 4.69) is 4.90 Å². The van der Waals surface area contributed by atoms with Crippen LogP contribution in [0.15, 0.2) is 0 Å². The second kappa shape index (κ2) is 4.04. The first-order valence-electron chi connectivity index (χ1n) is 6.43. The van der Waals surface area contributed by atoms with Crippen molar-refractivity contribution < 1.29 is 4.74 Å². The van der Waals surface area contributed by atoms with Crippen LogP contribution >= 0.6 is 0 Å². The van der Waals surface area contributed by atoms with Gasteiger partial charge in [0, 0.05) is 25.3 Å². The minimum absolute atomic E-state index is 0.440. The SMILES string of the molecule is NC1C2CCN(CC2)C1C1CCOCC1. The van der Waals surface area contributed by atoms with Gasteiger partial charge in [0.1, 0.15) is 0 Å². The molecular weight excluding hydrogens is 188 g/mol. The van der Waals surface area contributed by atoms with Crippen molar-refractivity contribution in [1.82, 2.24) is 4.90 Å². The van der Waals surface area contributed by atoms with Gasteiger partial charge in [-0.1, -0.05) is 0 Å². The Labute approximate surface area is 91.9 Å². The Morgan fingerprint density at radius 2 is 1.60 bits per heavy atom. The lowest BCUT2D eigenvalue weighted by Crippen LogP contribution is -2.64. The van der Waals surface area contributed by atoms with Crippen LogP contribution in [0.2, 0.25) is 0 Å². The fraction of sp³-hybridized carbons (Fsp3) is 1.00. The molecule has 3 nitrogen and oxygen atoms in total. The molecule has 0 aromatic carbocycles. The van der Waals surface area contributed by atoms with Gasteiger partial charge in [0.25, 0.3) is 0 Å². The minimum Gasteiger partial charge on any atom is -0.381 e. The summed E-state index contributed by atoms with van der Waals surface area (Å²) in [7, 11) is 0. The van der Waals surface area contributed by atoms with Crippen molar-refractivity contribution in [2.75, 3.05) is 26.3 Å². The molecule has 0 spiro atoms. The highest BCUT2D eigenvalue weighted by Gasteiger charge is 2.43. The highest BCUT2D eigenvalue weighted by atomic mass is 16.5. The number of hydrogen-bond donors (Lipinski definition) is 1. The number of hydrogen-bond acceptors (Lipinski definition) is 3. The lowest BCUT2D eigenvalue weighted by molar-refractivity contribution is -0.0373. The van der Waals surface area contributed by atoms with Gasteiger partial charge in [-0.25, -0.2) is 0 Å². The van der Waals surface area contributed by atoms with Crippen LogP contribution in [0.3, 0.4) is 0 Å². The van der Waals surface area contributed by atoms with Crippen molar-refractivity contribution in [1.29, 1.82) is 0 Å². The second-order valence-corrected chi connectivity index (χ2v) is 5.39. The molecule has 0 amide bonds. The van der Waals surface area contributed by atoms with E-state index in [9.17, 15) is 0 Å². The quantitative estimate of drug-likeness (QED) is 0.697. The number of rotatable bonds is 1. The van der Waals surface area contributed by atoms with Crippen LogP contribution in [0.4, 0.5) is 0 Å². The number of nitrogens with two attached hydrogens (primary N) is 1. The zero-order valence-corrected chi connectivity index (χ0v) is 9.40. The smallest absolute Gasteiger partial charge is 0.0469 e. The van der Waals surface area contributed by atoms with Crippen molar-refractivity contribution in [2.45, 2.75) is 37.8 Å². The van der Waals surface area contributed by atoms with Crippen LogP contribution < -0.4 is 5.73 Å². The van der Waals surface area contributed by atoms with Crippen molar-refractivity contribution in [3.05, 3.63) is 0 Å². The normalized spacial score (nSPS) is 47.0. The van der Waals surface area contributed by atoms with E-state index in [4.69, 9.17) is 10.5 Å². The van der Waals surface area contributed by atoms with Crippen LogP contribution in [-0.2, 0) is 4.74 Å². The number of piperidine rings is 3. The summed E-state index contributed by atoms with van der Waals surface area (Å²) in [5, 5.41) is 0. The lowest BCUT2D eigenvalue weighted by atomic mass is 9.73. The molecule has 2 atom stereocenters. The molecule has 4 heterocycles. The van der Waals surface area contributed by atoms with Gasteiger partial charge >= 0.3 is 0 Å². The predicted molar refractivity (Wildman–Crippen MR) is 59.6 cm³/mol. The highest BCUT2D eigenvalue weighted by molar-refractivity contribution is 5.00. The molecule has 0 radical (unpaired) electrons. The predicted octanol–water partition coefficient (Wildman–Crippen LogP) is 0.834. The zero-order chi connectivity index (χ0) is 10.3. The van der Waals surface area contributed by atoms with E-state index in [1.807, 2.05) is 0 Å². The summed E-state index contributed by atoms with van der Waals surface area (Å²) < 4.78 is 5.45. The molecule has 0 saturated carbocycles. The second-order valence-electron chi connectivity index (χ2n) is 5.39. The van der Waals surface area contributed by atoms with Crippen LogP contribution in [0.25, 0.3) is 0 Å². The monoisotopic (exact) mass is 210 g/mol. The van der Waals surface area contributed by atoms with E-state index < -0.39 is 0 Å². The van der Waals surface area contributed by atoms with E-state index in [1.165, 1.54) is 38.8 Å². The Morgan fingerprint density at radius 3 is 2.20 bits per heavy atom. The average Bonchev–Trinajstić information content (AvgIpc) is 2.31. The van der Waals surface area contributed by atoms with Gasteiger partial charge < -0.3 is 10.5 Å². The Balaban J connectivity index is 1.73. The summed E-state index contributed by atoms with van der Waals surface area (Å²) in [5.74, 6) is 1.61. The third-order valence-electron chi connectivity index (χ3n) is 4.68. The fourth-order valence-corrected chi connectivity index (χ4v) is 3.79. The minimum atomic E-state index is 0.440. The molecule has 4 rings (SSSR count). The van der Waals surface area contributed by atoms with Crippen molar-refractivity contribution in [3.63, 3.8) is 0 Å². The Bertz CT molecular complexity index is 218. The first kappa shape index (κ1) is 10.1. The molecule has 2 bridgehead atoms. The van der Waals surface area contributed by atoms with Gasteiger partial charge in [0.15, 0.2) is 0 Å². The maximum Gasteiger partial charge on any atom is 0.0469 e. The largest absolute Gasteiger partial charge is 0.381 e. The van der Waals surface area contributed by atoms with Crippen LogP contribution in [0.1, 0.15) is 25.7 Å². The summed E-state index contributed by atoms with van der Waals surface area (Å²) in [4.78, 5) is 2.65. The van der Waals surface area contributed by atoms with E-state index in [0.717, 1.165) is 25.0 Å². The van der Waals surface area contributed by atoms with Gasteiger partial charge in [-0.2, -0.15) is 0 Å². The molecule has 86 valence electrons. The maximum absolute atomic E-state index is 6.41. The van der Waals surface area contributed by atoms with Crippen molar-refractivity contribution in [3.8, 4) is 0 Å². The zero-order valence-electron chi connectivity index (χ0n) is 9.40. The molecule has 0 aromatic rings. The van der Waals surface area contributed by atoms with E-state index in [1.54, 1.807) is 0 Å². The highest BCUT2D eigenvalue weighted by Crippen LogP contribution is 2.37. The van der Waals surface area contributed by atoms with E-state index >= 15 is 0 Å². The molecule has 4 aliphatic rings. The molecule has 0 aromatic heterocycles. The van der Waals surface area contributed by atoms with Crippen LogP contribution in [0.5, 0.6) is 0 Å². The topological polar surface area (TPSA) is 38.5 Å². The first-order chi connectivity index (χ1) is 7.36. The third-order valence-corrected chi connectivity index (χ3v) is 4.68. The molecule has 3 heteroatoms. The molecule has 15 heavy (non-hydrogen) atoms. The van der Waals surface area contributed by atoms with Crippen molar-refractivity contribution in [2.24, 2.45) is 17.6 Å². The van der Waals surface area contributed by atoms with Gasteiger partial charge in [0.2, 0.25) is 0 Å². The molecular formula is C12H22N2O. The van der Waals surface area contributed by atoms with Crippen LogP contribution in [-0.4, -0.2) is 43.3 Å². The molecule has 4 fully saturated rings. The molecule has 4 saturated heterocycles. The number of ether oxygens (including phenoxy) is 1. The average molecular weight is 210 g/mol. The summed E-state index contributed by atoms with van der Waals surface area (Å²) in [5.41, 5.74) is 6.41. The van der Waals surface area contributed by atoms with Gasteiger partial charge in [-0.05, 0) is 50.6 Å². The van der Waals surface area contributed by atoms with Crippen molar-refractivity contribution >= 4 is 0 Å². The van der Waals surface area contributed by atoms with Gasteiger partial charge in [-0.3, -0.25) is 4.90 Å². The summed E-state index contributed by atoms with van der Waals surface area (Å²) >= 11 is 0. The molecule has 2 unspecified atom stereocenters. The third kappa shape index (κ3) is 1.71. The summed E-state index contributed by atoms with van der Waals surface area (Å²) in [6, 6.07) is 1.11. The Hall–Kier alpha value is -0.120. The fourth-order valence-electron chi connectivity index (χ4n) is 3.79. The lowest BCUT2D eigenvalue weighted by Gasteiger charge is -2.53. The summed E-state index contributed by atoms with van der Waals surface area (Å²) in [6.07, 6.45) is 5.12. The Kier molecular flexibility index (Phi) is 2.71. The standard InChI is InChI=1S/C12H22N2O/c13-11-9-1-5-14(6-2-9)12(11)10-3-7-15-8-4-10/h9-12H,1-8,13H2. The summed E-state index contributed by atoms with van der Waals surface area (Å²) in [6.45, 7) is 4.49. The van der Waals surface area contributed by atoms with Crippen LogP contribution in [0, 0.1) is 11.8 Å². The molecule has 4 aliphatic heterocycles. The van der Waals surface area contributed by atoms with E-state index in [0.29, 0.717) is 12.1 Å².